The van der Waals surface area contributed by atoms with Crippen LogP contribution in [0.1, 0.15) is 0 Å². The third kappa shape index (κ3) is 3.87. The molecule has 0 N–H and O–H groups in total. The molecule has 0 aliphatic rings. The highest BCUT2D eigenvalue weighted by Crippen LogP contribution is 2.24. The fourth-order valence-corrected chi connectivity index (χ4v) is 1.06. The summed E-state index contributed by atoms with van der Waals surface area (Å²) in [5.74, 6) is 0.204. The van der Waals surface area contributed by atoms with Crippen molar-refractivity contribution < 1.29 is 22.6 Å². The van der Waals surface area contributed by atoms with E-state index in [1.165, 1.54) is 24.3 Å². The lowest BCUT2D eigenvalue weighted by molar-refractivity contribution is -0.274. The van der Waals surface area contributed by atoms with E-state index in [1.807, 2.05) is 0 Å². The molecule has 1 aromatic carbocycles. The smallest absolute Gasteiger partial charge is 0.482 e. The van der Waals surface area contributed by atoms with Crippen LogP contribution in [-0.2, 0) is 0 Å². The summed E-state index contributed by atoms with van der Waals surface area (Å²) >= 11 is 3.02. The largest absolute Gasteiger partial charge is 0.573 e. The van der Waals surface area contributed by atoms with E-state index in [-0.39, 0.29) is 11.3 Å². The maximum atomic E-state index is 11.7. The summed E-state index contributed by atoms with van der Waals surface area (Å²) < 4.78 is 43.8. The molecule has 0 fully saturated rings. The van der Waals surface area contributed by atoms with Gasteiger partial charge in [0.25, 0.3) is 0 Å². The molecule has 14 heavy (non-hydrogen) atoms. The van der Waals surface area contributed by atoms with Crippen molar-refractivity contribution in [2.45, 2.75) is 6.36 Å². The number of alkyl halides is 4. The Morgan fingerprint density at radius 2 is 1.57 bits per heavy atom. The van der Waals surface area contributed by atoms with E-state index in [9.17, 15) is 13.2 Å². The van der Waals surface area contributed by atoms with Gasteiger partial charge in [-0.2, -0.15) is 0 Å². The minimum atomic E-state index is -4.65. The fourth-order valence-electron chi connectivity index (χ4n) is 0.801. The lowest BCUT2D eigenvalue weighted by Crippen LogP contribution is -2.16. The van der Waals surface area contributed by atoms with Gasteiger partial charge in [0.15, 0.2) is 0 Å². The Morgan fingerprint density at radius 3 is 2.00 bits per heavy atom. The molecule has 0 aliphatic heterocycles. The highest BCUT2D eigenvalue weighted by atomic mass is 79.9. The zero-order valence-corrected chi connectivity index (χ0v) is 8.43. The van der Waals surface area contributed by atoms with Crippen molar-refractivity contribution in [2.24, 2.45) is 0 Å². The van der Waals surface area contributed by atoms with Gasteiger partial charge < -0.3 is 9.47 Å². The molecule has 0 atom stereocenters. The Bertz CT molecular complexity index is 284. The van der Waals surface area contributed by atoms with E-state index in [4.69, 9.17) is 4.74 Å². The van der Waals surface area contributed by atoms with Crippen LogP contribution in [0, 0.1) is 0 Å². The SMILES string of the molecule is FC(F)(F)Oc1ccc(OCBr)cc1. The number of ether oxygens (including phenoxy) is 2. The molecule has 0 heterocycles. The Kier molecular flexibility index (Phi) is 3.62. The second-order valence-electron chi connectivity index (χ2n) is 2.27. The van der Waals surface area contributed by atoms with Crippen molar-refractivity contribution in [2.75, 3.05) is 5.52 Å². The van der Waals surface area contributed by atoms with Crippen LogP contribution in [0.5, 0.6) is 11.5 Å². The van der Waals surface area contributed by atoms with E-state index in [0.717, 1.165) is 0 Å². The molecule has 0 aromatic heterocycles. The van der Waals surface area contributed by atoms with Crippen molar-refractivity contribution in [3.05, 3.63) is 24.3 Å². The monoisotopic (exact) mass is 270 g/mol. The molecule has 78 valence electrons. The van der Waals surface area contributed by atoms with E-state index >= 15 is 0 Å². The van der Waals surface area contributed by atoms with Gasteiger partial charge in [0.2, 0.25) is 0 Å². The van der Waals surface area contributed by atoms with Crippen molar-refractivity contribution in [3.8, 4) is 11.5 Å². The van der Waals surface area contributed by atoms with Gasteiger partial charge in [0, 0.05) is 0 Å². The topological polar surface area (TPSA) is 18.5 Å². The first-order valence-corrected chi connectivity index (χ1v) is 4.68. The first-order chi connectivity index (χ1) is 6.51. The van der Waals surface area contributed by atoms with Gasteiger partial charge in [0.1, 0.15) is 17.0 Å². The van der Waals surface area contributed by atoms with Crippen molar-refractivity contribution in [3.63, 3.8) is 0 Å². The third-order valence-electron chi connectivity index (χ3n) is 1.28. The van der Waals surface area contributed by atoms with Crippen LogP contribution in [0.4, 0.5) is 13.2 Å². The fraction of sp³-hybridized carbons (Fsp3) is 0.250. The van der Waals surface area contributed by atoms with Gasteiger partial charge in [0.05, 0.1) is 0 Å². The number of benzene rings is 1. The van der Waals surface area contributed by atoms with Crippen LogP contribution in [0.3, 0.4) is 0 Å². The summed E-state index contributed by atoms with van der Waals surface area (Å²) in [7, 11) is 0. The van der Waals surface area contributed by atoms with Crippen LogP contribution in [0.15, 0.2) is 24.3 Å². The van der Waals surface area contributed by atoms with Gasteiger partial charge in [-0.3, -0.25) is 0 Å². The minimum absolute atomic E-state index is 0.264. The Hall–Kier alpha value is -0.910. The molecular weight excluding hydrogens is 265 g/mol. The van der Waals surface area contributed by atoms with E-state index in [0.29, 0.717) is 5.75 Å². The van der Waals surface area contributed by atoms with Crippen LogP contribution in [-0.4, -0.2) is 11.9 Å². The summed E-state index contributed by atoms with van der Waals surface area (Å²) in [5.41, 5.74) is 0.284. The summed E-state index contributed by atoms with van der Waals surface area (Å²) in [5, 5.41) is 0. The van der Waals surface area contributed by atoms with Gasteiger partial charge in [-0.25, -0.2) is 0 Å². The summed E-state index contributed by atoms with van der Waals surface area (Å²) in [6, 6.07) is 5.15. The quantitative estimate of drug-likeness (QED) is 0.785. The van der Waals surface area contributed by atoms with Crippen LogP contribution < -0.4 is 9.47 Å². The van der Waals surface area contributed by atoms with Gasteiger partial charge in [-0.05, 0) is 40.2 Å². The van der Waals surface area contributed by atoms with Gasteiger partial charge in [-0.1, -0.05) is 0 Å². The number of hydrogen-bond donors (Lipinski definition) is 0. The number of rotatable bonds is 3. The summed E-state index contributed by atoms with van der Waals surface area (Å²) in [6.07, 6.45) is -4.65. The maximum absolute atomic E-state index is 11.7. The average Bonchev–Trinajstić information content (AvgIpc) is 2.06. The third-order valence-corrected chi connectivity index (χ3v) is 1.51. The zero-order chi connectivity index (χ0) is 10.6. The predicted molar refractivity (Wildman–Crippen MR) is 47.5 cm³/mol. The second kappa shape index (κ2) is 4.54. The molecule has 6 heteroatoms. The molecule has 0 unspecified atom stereocenters. The van der Waals surface area contributed by atoms with Crippen molar-refractivity contribution in [1.29, 1.82) is 0 Å². The molecule has 1 aromatic rings. The molecule has 0 aliphatic carbocycles. The van der Waals surface area contributed by atoms with Crippen LogP contribution >= 0.6 is 15.9 Å². The Labute approximate surface area is 86.8 Å². The number of halogens is 4. The summed E-state index contributed by atoms with van der Waals surface area (Å²) in [6.45, 7) is 0. The molecular formula is C8H6BrF3O2. The molecule has 0 bridgehead atoms. The van der Waals surface area contributed by atoms with Crippen molar-refractivity contribution >= 4 is 15.9 Å². The van der Waals surface area contributed by atoms with E-state index in [2.05, 4.69) is 20.7 Å². The molecule has 0 amide bonds. The Balaban J connectivity index is 2.64. The highest BCUT2D eigenvalue weighted by molar-refractivity contribution is 9.09. The van der Waals surface area contributed by atoms with Crippen LogP contribution in [0.2, 0.25) is 0 Å². The number of hydrogen-bond acceptors (Lipinski definition) is 2. The van der Waals surface area contributed by atoms with Crippen molar-refractivity contribution in [1.82, 2.24) is 0 Å². The predicted octanol–water partition coefficient (Wildman–Crippen LogP) is 3.32. The average molecular weight is 271 g/mol. The standard InChI is InChI=1S/C8H6BrF3O2/c9-5-13-6-1-3-7(4-2-6)14-8(10,11)12/h1-4H,5H2. The highest BCUT2D eigenvalue weighted by Gasteiger charge is 2.30. The summed E-state index contributed by atoms with van der Waals surface area (Å²) in [4.78, 5) is 0. The van der Waals surface area contributed by atoms with E-state index in [1.54, 1.807) is 0 Å². The molecule has 1 rings (SSSR count). The maximum Gasteiger partial charge on any atom is 0.573 e. The lowest BCUT2D eigenvalue weighted by Gasteiger charge is -2.09. The minimum Gasteiger partial charge on any atom is -0.482 e. The zero-order valence-electron chi connectivity index (χ0n) is 6.84. The lowest BCUT2D eigenvalue weighted by atomic mass is 10.3. The van der Waals surface area contributed by atoms with Gasteiger partial charge >= 0.3 is 6.36 Å². The first-order valence-electron chi connectivity index (χ1n) is 3.56. The van der Waals surface area contributed by atoms with Gasteiger partial charge in [-0.15, -0.1) is 13.2 Å². The first kappa shape index (κ1) is 11.2. The molecule has 0 radical (unpaired) electrons. The van der Waals surface area contributed by atoms with Crippen LogP contribution in [0.25, 0.3) is 0 Å². The molecule has 2 nitrogen and oxygen atoms in total. The Morgan fingerprint density at radius 1 is 1.07 bits per heavy atom. The molecule has 0 spiro atoms. The molecule has 0 saturated heterocycles. The molecule has 0 saturated carbocycles. The van der Waals surface area contributed by atoms with E-state index < -0.39 is 6.36 Å². The second-order valence-corrected chi connectivity index (χ2v) is 2.73. The normalized spacial score (nSPS) is 11.1.